The number of amides is 5. The number of carbonyl (C=O) groups is 3. The Balaban J connectivity index is 1.70. The number of hydrogen-bond donors (Lipinski definition) is 3. The van der Waals surface area contributed by atoms with Gasteiger partial charge in [-0.15, -0.1) is 0 Å². The van der Waals surface area contributed by atoms with Crippen molar-refractivity contribution in [3.05, 3.63) is 59.7 Å². The summed E-state index contributed by atoms with van der Waals surface area (Å²) in [4.78, 5) is 39.3. The van der Waals surface area contributed by atoms with Crippen molar-refractivity contribution < 1.29 is 23.9 Å². The first kappa shape index (κ1) is 19.6. The number of imide groups is 1. The predicted molar refractivity (Wildman–Crippen MR) is 107 cm³/mol. The number of ether oxygens (including phenoxy) is 2. The van der Waals surface area contributed by atoms with E-state index < -0.39 is 36.1 Å². The molecule has 0 radical (unpaired) electrons. The molecule has 156 valence electrons. The lowest BCUT2D eigenvalue weighted by Crippen LogP contribution is -2.71. The minimum Gasteiger partial charge on any atom is -0.493 e. The van der Waals surface area contributed by atoms with Crippen molar-refractivity contribution in [1.82, 2.24) is 20.9 Å². The summed E-state index contributed by atoms with van der Waals surface area (Å²) >= 11 is 0. The van der Waals surface area contributed by atoms with E-state index in [0.29, 0.717) is 17.1 Å². The molecule has 9 nitrogen and oxygen atoms in total. The summed E-state index contributed by atoms with van der Waals surface area (Å²) in [6.45, 7) is 0.250. The summed E-state index contributed by atoms with van der Waals surface area (Å²) < 4.78 is 10.6. The van der Waals surface area contributed by atoms with Crippen molar-refractivity contribution in [2.45, 2.75) is 18.8 Å². The molecule has 30 heavy (non-hydrogen) atoms. The highest BCUT2D eigenvalue weighted by Gasteiger charge is 2.50. The maximum atomic E-state index is 12.8. The smallest absolute Gasteiger partial charge is 0.326 e. The highest BCUT2D eigenvalue weighted by molar-refractivity contribution is 6.00. The van der Waals surface area contributed by atoms with Crippen LogP contribution in [0.25, 0.3) is 0 Å². The van der Waals surface area contributed by atoms with Crippen LogP contribution in [0.3, 0.4) is 0 Å². The van der Waals surface area contributed by atoms with Gasteiger partial charge in [0.05, 0.1) is 20.3 Å². The molecule has 0 bridgehead atoms. The molecular weight excluding hydrogens is 388 g/mol. The van der Waals surface area contributed by atoms with Crippen molar-refractivity contribution in [2.24, 2.45) is 5.92 Å². The van der Waals surface area contributed by atoms with E-state index in [1.807, 2.05) is 30.3 Å². The van der Waals surface area contributed by atoms with E-state index in [1.165, 1.54) is 19.1 Å². The average Bonchev–Trinajstić information content (AvgIpc) is 2.76. The number of urea groups is 2. The van der Waals surface area contributed by atoms with Crippen molar-refractivity contribution in [3.8, 4) is 11.5 Å². The lowest BCUT2D eigenvalue weighted by molar-refractivity contribution is -0.130. The van der Waals surface area contributed by atoms with Gasteiger partial charge in [0.15, 0.2) is 11.5 Å². The third kappa shape index (κ3) is 3.49. The Labute approximate surface area is 173 Å². The number of fused-ring (bicyclic) bond motifs is 1. The molecule has 4 rings (SSSR count). The predicted octanol–water partition coefficient (Wildman–Crippen LogP) is 1.75. The van der Waals surface area contributed by atoms with Gasteiger partial charge in [0.1, 0.15) is 12.1 Å². The van der Waals surface area contributed by atoms with Gasteiger partial charge in [0.25, 0.3) is 0 Å². The van der Waals surface area contributed by atoms with Gasteiger partial charge in [0.2, 0.25) is 5.91 Å². The topological polar surface area (TPSA) is 109 Å². The van der Waals surface area contributed by atoms with Crippen LogP contribution in [0.5, 0.6) is 11.5 Å². The molecule has 2 aromatic carbocycles. The molecule has 3 atom stereocenters. The minimum atomic E-state index is -0.793. The van der Waals surface area contributed by atoms with Crippen molar-refractivity contribution in [2.75, 3.05) is 14.2 Å². The van der Waals surface area contributed by atoms with Crippen LogP contribution in [0.2, 0.25) is 0 Å². The molecule has 2 saturated heterocycles. The van der Waals surface area contributed by atoms with E-state index in [-0.39, 0.29) is 6.54 Å². The van der Waals surface area contributed by atoms with Crippen LogP contribution in [-0.2, 0) is 11.3 Å². The lowest BCUT2D eigenvalue weighted by atomic mass is 9.86. The first-order valence-electron chi connectivity index (χ1n) is 9.46. The number of nitrogens with one attached hydrogen (secondary N) is 3. The number of benzene rings is 2. The molecule has 0 spiro atoms. The fourth-order valence-electron chi connectivity index (χ4n) is 3.92. The second-order valence-electron chi connectivity index (χ2n) is 7.09. The number of carbonyl (C=O) groups excluding carboxylic acids is 3. The van der Waals surface area contributed by atoms with E-state index in [2.05, 4.69) is 16.0 Å². The van der Waals surface area contributed by atoms with Crippen LogP contribution in [0.15, 0.2) is 48.5 Å². The van der Waals surface area contributed by atoms with Crippen molar-refractivity contribution in [1.29, 1.82) is 0 Å². The van der Waals surface area contributed by atoms with Crippen molar-refractivity contribution in [3.63, 3.8) is 0 Å². The standard InChI is InChI=1S/C21H22N4O5/c1-29-14-9-8-13(10-15(14)30-2)17-16-18(23-20(27)22-17)25(21(28)24-19(16)26)11-12-6-4-3-5-7-12/h3-10,16-18H,11H2,1-2H3,(H2,22,23,27)(H,24,26,28). The first-order chi connectivity index (χ1) is 14.5. The molecule has 3 unspecified atom stereocenters. The number of rotatable bonds is 5. The average molecular weight is 410 g/mol. The molecule has 0 saturated carbocycles. The van der Waals surface area contributed by atoms with Crippen LogP contribution in [0, 0.1) is 5.92 Å². The fourth-order valence-corrected chi connectivity index (χ4v) is 3.92. The normalized spacial score (nSPS) is 23.1. The molecule has 2 aromatic rings. The molecule has 2 aliphatic rings. The largest absolute Gasteiger partial charge is 0.493 e. The van der Waals surface area contributed by atoms with Crippen LogP contribution >= 0.6 is 0 Å². The minimum absolute atomic E-state index is 0.250. The molecule has 2 fully saturated rings. The summed E-state index contributed by atoms with van der Waals surface area (Å²) in [6, 6.07) is 12.9. The zero-order valence-electron chi connectivity index (χ0n) is 16.5. The Kier molecular flexibility index (Phi) is 5.18. The summed E-state index contributed by atoms with van der Waals surface area (Å²) in [7, 11) is 3.04. The summed E-state index contributed by atoms with van der Waals surface area (Å²) in [6.07, 6.45) is -0.793. The third-order valence-corrected chi connectivity index (χ3v) is 5.36. The molecule has 2 heterocycles. The number of nitrogens with zero attached hydrogens (tertiary/aromatic N) is 1. The molecule has 5 amide bonds. The maximum Gasteiger partial charge on any atom is 0.326 e. The van der Waals surface area contributed by atoms with Crippen LogP contribution < -0.4 is 25.4 Å². The Hall–Kier alpha value is -3.75. The zero-order valence-corrected chi connectivity index (χ0v) is 16.5. The maximum absolute atomic E-state index is 12.8. The Morgan fingerprint density at radius 3 is 2.37 bits per heavy atom. The Bertz CT molecular complexity index is 981. The van der Waals surface area contributed by atoms with Gasteiger partial charge in [-0.2, -0.15) is 0 Å². The Morgan fingerprint density at radius 2 is 1.67 bits per heavy atom. The fraction of sp³-hybridized carbons (Fsp3) is 0.286. The molecule has 9 heteroatoms. The quantitative estimate of drug-likeness (QED) is 0.696. The second kappa shape index (κ2) is 7.94. The second-order valence-corrected chi connectivity index (χ2v) is 7.09. The molecule has 3 N–H and O–H groups in total. The zero-order chi connectivity index (χ0) is 21.3. The van der Waals surface area contributed by atoms with Crippen LogP contribution in [0.1, 0.15) is 17.2 Å². The van der Waals surface area contributed by atoms with Gasteiger partial charge < -0.3 is 20.1 Å². The monoisotopic (exact) mass is 410 g/mol. The lowest BCUT2D eigenvalue weighted by Gasteiger charge is -2.46. The Morgan fingerprint density at radius 1 is 0.933 bits per heavy atom. The van der Waals surface area contributed by atoms with Gasteiger partial charge in [-0.1, -0.05) is 36.4 Å². The number of methoxy groups -OCH3 is 2. The van der Waals surface area contributed by atoms with Crippen LogP contribution in [0.4, 0.5) is 9.59 Å². The van der Waals surface area contributed by atoms with E-state index in [4.69, 9.17) is 9.47 Å². The van der Waals surface area contributed by atoms with Crippen molar-refractivity contribution >= 4 is 18.0 Å². The van der Waals surface area contributed by atoms with Gasteiger partial charge >= 0.3 is 12.1 Å². The molecule has 0 aromatic heterocycles. The summed E-state index contributed by atoms with van der Waals surface area (Å²) in [5, 5.41) is 7.96. The molecular formula is C21H22N4O5. The molecule has 2 aliphatic heterocycles. The summed E-state index contributed by atoms with van der Waals surface area (Å²) in [5.74, 6) is -0.177. The van der Waals surface area contributed by atoms with Crippen LogP contribution in [-0.4, -0.2) is 43.3 Å². The highest BCUT2D eigenvalue weighted by atomic mass is 16.5. The highest BCUT2D eigenvalue weighted by Crippen LogP contribution is 2.36. The third-order valence-electron chi connectivity index (χ3n) is 5.36. The van der Waals surface area contributed by atoms with Gasteiger partial charge in [0, 0.05) is 6.54 Å². The van der Waals surface area contributed by atoms with E-state index >= 15 is 0 Å². The van der Waals surface area contributed by atoms with E-state index in [1.54, 1.807) is 18.2 Å². The summed E-state index contributed by atoms with van der Waals surface area (Å²) in [5.41, 5.74) is 1.55. The SMILES string of the molecule is COc1ccc(C2NC(=O)NC3C2C(=O)NC(=O)N3Cc2ccccc2)cc1OC. The van der Waals surface area contributed by atoms with E-state index in [0.717, 1.165) is 5.56 Å². The van der Waals surface area contributed by atoms with Gasteiger partial charge in [-0.3, -0.25) is 15.0 Å². The number of hydrogen-bond acceptors (Lipinski definition) is 5. The van der Waals surface area contributed by atoms with Gasteiger partial charge in [-0.25, -0.2) is 9.59 Å². The first-order valence-corrected chi connectivity index (χ1v) is 9.46. The van der Waals surface area contributed by atoms with E-state index in [9.17, 15) is 14.4 Å². The molecule has 0 aliphatic carbocycles. The van der Waals surface area contributed by atoms with Gasteiger partial charge in [-0.05, 0) is 23.3 Å².